The van der Waals surface area contributed by atoms with E-state index in [1.165, 1.54) is 0 Å². The molecule has 3 nitrogen and oxygen atoms in total. The van der Waals surface area contributed by atoms with Gasteiger partial charge in [-0.25, -0.2) is 4.98 Å². The van der Waals surface area contributed by atoms with Crippen molar-refractivity contribution in [1.29, 1.82) is 0 Å². The van der Waals surface area contributed by atoms with Crippen molar-refractivity contribution in [2.24, 2.45) is 5.73 Å². The molecule has 3 rings (SSSR count). The van der Waals surface area contributed by atoms with Gasteiger partial charge >= 0.3 is 0 Å². The molecule has 1 heterocycles. The van der Waals surface area contributed by atoms with E-state index in [1.54, 1.807) is 11.3 Å². The minimum Gasteiger partial charge on any atom is -0.389 e. The summed E-state index contributed by atoms with van der Waals surface area (Å²) in [5.41, 5.74) is 7.22. The zero-order valence-electron chi connectivity index (χ0n) is 10.0. The largest absolute Gasteiger partial charge is 0.389 e. The molecular weight excluding hydrogens is 244 g/mol. The number of nitrogens with two attached hydrogens (primary N) is 1. The maximum atomic E-state index is 10.2. The van der Waals surface area contributed by atoms with Crippen LogP contribution in [0.5, 0.6) is 0 Å². The molecule has 0 saturated heterocycles. The highest BCUT2D eigenvalue weighted by Gasteiger charge is 2.41. The summed E-state index contributed by atoms with van der Waals surface area (Å²) < 4.78 is 0. The minimum absolute atomic E-state index is 0.156. The van der Waals surface area contributed by atoms with Crippen LogP contribution in [0, 0.1) is 0 Å². The van der Waals surface area contributed by atoms with E-state index in [-0.39, 0.29) is 6.04 Å². The Morgan fingerprint density at radius 3 is 2.72 bits per heavy atom. The maximum Gasteiger partial charge on any atom is 0.0961 e. The Morgan fingerprint density at radius 1 is 1.33 bits per heavy atom. The van der Waals surface area contributed by atoms with Crippen molar-refractivity contribution in [3.63, 3.8) is 0 Å². The Bertz CT molecular complexity index is 532. The van der Waals surface area contributed by atoms with Gasteiger partial charge in [-0.05, 0) is 12.8 Å². The molecule has 0 spiro atoms. The smallest absolute Gasteiger partial charge is 0.0961 e. The highest BCUT2D eigenvalue weighted by molar-refractivity contribution is 7.09. The molecule has 4 heteroatoms. The summed E-state index contributed by atoms with van der Waals surface area (Å²) in [5, 5.41) is 13.2. The highest BCUT2D eigenvalue weighted by atomic mass is 32.1. The highest BCUT2D eigenvalue weighted by Crippen LogP contribution is 2.35. The van der Waals surface area contributed by atoms with Crippen LogP contribution < -0.4 is 5.73 Å². The number of aromatic nitrogens is 1. The van der Waals surface area contributed by atoms with Crippen LogP contribution >= 0.6 is 11.3 Å². The van der Waals surface area contributed by atoms with E-state index >= 15 is 0 Å². The van der Waals surface area contributed by atoms with Crippen molar-refractivity contribution in [2.75, 3.05) is 0 Å². The van der Waals surface area contributed by atoms with Crippen LogP contribution in [-0.4, -0.2) is 21.7 Å². The summed E-state index contributed by atoms with van der Waals surface area (Å²) in [6.45, 7) is 0. The molecule has 0 radical (unpaired) electrons. The number of hydrogen-bond donors (Lipinski definition) is 2. The van der Waals surface area contributed by atoms with Crippen LogP contribution in [0.1, 0.15) is 17.8 Å². The van der Waals surface area contributed by atoms with E-state index in [1.807, 2.05) is 35.7 Å². The Morgan fingerprint density at radius 2 is 2.06 bits per heavy atom. The topological polar surface area (TPSA) is 59.1 Å². The van der Waals surface area contributed by atoms with E-state index < -0.39 is 5.60 Å². The molecule has 1 aromatic carbocycles. The van der Waals surface area contributed by atoms with Gasteiger partial charge in [-0.1, -0.05) is 30.3 Å². The molecule has 3 N–H and O–H groups in total. The standard InChI is InChI=1S/C14H16N2OS/c15-11-6-14(17,7-11)8-13-16-12(9-18-13)10-4-2-1-3-5-10/h1-5,9,11,17H,6-8,15H2. The van der Waals surface area contributed by atoms with Gasteiger partial charge < -0.3 is 10.8 Å². The third-order valence-corrected chi connectivity index (χ3v) is 4.23. The number of hydrogen-bond acceptors (Lipinski definition) is 4. The quantitative estimate of drug-likeness (QED) is 0.889. The number of aliphatic hydroxyl groups is 1. The first-order valence-electron chi connectivity index (χ1n) is 6.12. The molecule has 0 atom stereocenters. The van der Waals surface area contributed by atoms with Crippen LogP contribution in [0.3, 0.4) is 0 Å². The van der Waals surface area contributed by atoms with Gasteiger partial charge in [0.2, 0.25) is 0 Å². The molecule has 1 aliphatic rings. The van der Waals surface area contributed by atoms with Gasteiger partial charge in [0.15, 0.2) is 0 Å². The third-order valence-electron chi connectivity index (χ3n) is 3.39. The Hall–Kier alpha value is -1.23. The van der Waals surface area contributed by atoms with E-state index in [4.69, 9.17) is 5.73 Å². The van der Waals surface area contributed by atoms with Gasteiger partial charge in [-0.15, -0.1) is 11.3 Å². The number of rotatable bonds is 3. The third kappa shape index (κ3) is 2.32. The van der Waals surface area contributed by atoms with E-state index in [0.29, 0.717) is 19.3 Å². The zero-order chi connectivity index (χ0) is 12.6. The minimum atomic E-state index is -0.620. The molecule has 94 valence electrons. The summed E-state index contributed by atoms with van der Waals surface area (Å²) in [6, 6.07) is 10.3. The summed E-state index contributed by atoms with van der Waals surface area (Å²) in [4.78, 5) is 4.59. The Kier molecular flexibility index (Phi) is 2.93. The molecule has 0 amide bonds. The van der Waals surface area contributed by atoms with Crippen LogP contribution in [0.4, 0.5) is 0 Å². The van der Waals surface area contributed by atoms with Crippen LogP contribution in [0.15, 0.2) is 35.7 Å². The Balaban J connectivity index is 1.74. The molecule has 1 saturated carbocycles. The summed E-state index contributed by atoms with van der Waals surface area (Å²) in [7, 11) is 0. The normalized spacial score (nSPS) is 26.9. The van der Waals surface area contributed by atoms with E-state index in [0.717, 1.165) is 16.3 Å². The predicted octanol–water partition coefficient (Wildman–Crippen LogP) is 2.20. The van der Waals surface area contributed by atoms with Crippen LogP contribution in [0.25, 0.3) is 11.3 Å². The number of nitrogens with zero attached hydrogens (tertiary/aromatic N) is 1. The lowest BCUT2D eigenvalue weighted by Crippen LogP contribution is -2.52. The lowest BCUT2D eigenvalue weighted by molar-refractivity contribution is -0.0455. The average molecular weight is 260 g/mol. The maximum absolute atomic E-state index is 10.2. The molecule has 1 aliphatic carbocycles. The summed E-state index contributed by atoms with van der Waals surface area (Å²) in [6.07, 6.45) is 2.00. The monoisotopic (exact) mass is 260 g/mol. The molecule has 0 bridgehead atoms. The fourth-order valence-corrected chi connectivity index (χ4v) is 3.42. The average Bonchev–Trinajstić information content (AvgIpc) is 2.76. The fourth-order valence-electron chi connectivity index (χ4n) is 2.48. The molecule has 18 heavy (non-hydrogen) atoms. The van der Waals surface area contributed by atoms with Crippen molar-refractivity contribution in [1.82, 2.24) is 4.98 Å². The van der Waals surface area contributed by atoms with Gasteiger partial charge in [0, 0.05) is 23.4 Å². The second-order valence-electron chi connectivity index (χ2n) is 5.06. The summed E-state index contributed by atoms with van der Waals surface area (Å²) in [5.74, 6) is 0. The van der Waals surface area contributed by atoms with E-state index in [9.17, 15) is 5.11 Å². The number of benzene rings is 1. The second-order valence-corrected chi connectivity index (χ2v) is 6.00. The lowest BCUT2D eigenvalue weighted by atomic mass is 9.74. The van der Waals surface area contributed by atoms with Gasteiger partial charge in [0.1, 0.15) is 0 Å². The van der Waals surface area contributed by atoms with Gasteiger partial charge in [-0.2, -0.15) is 0 Å². The fraction of sp³-hybridized carbons (Fsp3) is 0.357. The lowest BCUT2D eigenvalue weighted by Gasteiger charge is -2.41. The molecular formula is C14H16N2OS. The van der Waals surface area contributed by atoms with Crippen LogP contribution in [-0.2, 0) is 6.42 Å². The van der Waals surface area contributed by atoms with Crippen molar-refractivity contribution >= 4 is 11.3 Å². The Labute approximate surface area is 110 Å². The van der Waals surface area contributed by atoms with Gasteiger partial charge in [-0.3, -0.25) is 0 Å². The second kappa shape index (κ2) is 4.46. The van der Waals surface area contributed by atoms with Gasteiger partial charge in [0.05, 0.1) is 16.3 Å². The van der Waals surface area contributed by atoms with Crippen molar-refractivity contribution < 1.29 is 5.11 Å². The van der Waals surface area contributed by atoms with Crippen molar-refractivity contribution in [3.05, 3.63) is 40.7 Å². The molecule has 0 aliphatic heterocycles. The first kappa shape index (κ1) is 11.8. The van der Waals surface area contributed by atoms with E-state index in [2.05, 4.69) is 4.98 Å². The van der Waals surface area contributed by atoms with Gasteiger partial charge in [0.25, 0.3) is 0 Å². The number of thiazole rings is 1. The molecule has 1 aromatic heterocycles. The molecule has 0 unspecified atom stereocenters. The van der Waals surface area contributed by atoms with Crippen molar-refractivity contribution in [2.45, 2.75) is 30.9 Å². The molecule has 1 fully saturated rings. The van der Waals surface area contributed by atoms with Crippen LogP contribution in [0.2, 0.25) is 0 Å². The first-order chi connectivity index (χ1) is 8.65. The first-order valence-corrected chi connectivity index (χ1v) is 7.00. The predicted molar refractivity (Wildman–Crippen MR) is 73.4 cm³/mol. The summed E-state index contributed by atoms with van der Waals surface area (Å²) >= 11 is 1.61. The van der Waals surface area contributed by atoms with Crippen molar-refractivity contribution in [3.8, 4) is 11.3 Å². The SMILES string of the molecule is NC1CC(O)(Cc2nc(-c3ccccc3)cs2)C1. The zero-order valence-corrected chi connectivity index (χ0v) is 10.9. The molecule has 2 aromatic rings.